The first-order valence-electron chi connectivity index (χ1n) is 11.9. The summed E-state index contributed by atoms with van der Waals surface area (Å²) in [6, 6.07) is 9.59. The highest BCUT2D eigenvalue weighted by molar-refractivity contribution is 5.81. The zero-order valence-corrected chi connectivity index (χ0v) is 18.7. The zero-order chi connectivity index (χ0) is 21.5. The van der Waals surface area contributed by atoms with E-state index in [1.54, 1.807) is 6.07 Å². The number of pyridine rings is 1. The normalized spacial score (nSPS) is 16.9. The van der Waals surface area contributed by atoms with Gasteiger partial charge >= 0.3 is 6.09 Å². The number of amides is 1. The van der Waals surface area contributed by atoms with Crippen LogP contribution in [0.1, 0.15) is 51.9 Å². The first-order valence-corrected chi connectivity index (χ1v) is 11.9. The highest BCUT2D eigenvalue weighted by Crippen LogP contribution is 2.30. The lowest BCUT2D eigenvalue weighted by Gasteiger charge is -2.26. The van der Waals surface area contributed by atoms with E-state index in [0.717, 1.165) is 55.7 Å². The van der Waals surface area contributed by atoms with E-state index in [2.05, 4.69) is 16.8 Å². The van der Waals surface area contributed by atoms with E-state index in [1.807, 2.05) is 29.2 Å². The molecule has 0 N–H and O–H groups in total. The molecule has 0 bridgehead atoms. The largest absolute Gasteiger partial charge is 0.494 e. The minimum Gasteiger partial charge on any atom is -0.494 e. The first-order chi connectivity index (χ1) is 15.2. The van der Waals surface area contributed by atoms with E-state index in [-0.39, 0.29) is 6.09 Å². The molecule has 31 heavy (non-hydrogen) atoms. The van der Waals surface area contributed by atoms with Gasteiger partial charge in [0.05, 0.1) is 12.1 Å². The third-order valence-corrected chi connectivity index (χ3v) is 6.09. The molecular formula is C25H35N3O3. The van der Waals surface area contributed by atoms with Crippen LogP contribution in [0.5, 0.6) is 11.6 Å². The molecule has 4 rings (SSSR count). The maximum Gasteiger partial charge on any atom is 0.416 e. The number of nitrogens with zero attached hydrogens (tertiary/aromatic N) is 3. The van der Waals surface area contributed by atoms with Crippen molar-refractivity contribution in [3.63, 3.8) is 0 Å². The Morgan fingerprint density at radius 2 is 2.00 bits per heavy atom. The van der Waals surface area contributed by atoms with E-state index in [9.17, 15) is 4.79 Å². The SMILES string of the molecule is CCCN(CC1CC1)C(=O)Oc1ccc2cc(OCCCN3CCCCC3)ccc2n1. The van der Waals surface area contributed by atoms with Gasteiger partial charge in [-0.05, 0) is 81.8 Å². The van der Waals surface area contributed by atoms with E-state index in [0.29, 0.717) is 11.8 Å². The maximum absolute atomic E-state index is 12.6. The number of fused-ring (bicyclic) bond motifs is 1. The van der Waals surface area contributed by atoms with Gasteiger partial charge in [-0.3, -0.25) is 0 Å². The summed E-state index contributed by atoms with van der Waals surface area (Å²) in [6.07, 6.45) is 8.12. The van der Waals surface area contributed by atoms with Gasteiger partial charge in [0.2, 0.25) is 5.88 Å². The van der Waals surface area contributed by atoms with Gasteiger partial charge in [0.25, 0.3) is 0 Å². The van der Waals surface area contributed by atoms with Gasteiger partial charge in [-0.1, -0.05) is 13.3 Å². The smallest absolute Gasteiger partial charge is 0.416 e. The van der Waals surface area contributed by atoms with Crippen molar-refractivity contribution in [3.05, 3.63) is 30.3 Å². The Balaban J connectivity index is 1.29. The van der Waals surface area contributed by atoms with Crippen molar-refractivity contribution in [3.8, 4) is 11.6 Å². The molecule has 2 heterocycles. The molecule has 2 aromatic rings. The van der Waals surface area contributed by atoms with E-state index >= 15 is 0 Å². The topological polar surface area (TPSA) is 54.9 Å². The van der Waals surface area contributed by atoms with Crippen molar-refractivity contribution < 1.29 is 14.3 Å². The van der Waals surface area contributed by atoms with Crippen LogP contribution in [-0.2, 0) is 0 Å². The van der Waals surface area contributed by atoms with Crippen molar-refractivity contribution in [2.75, 3.05) is 39.3 Å². The Hall–Kier alpha value is -2.34. The van der Waals surface area contributed by atoms with Gasteiger partial charge in [-0.25, -0.2) is 9.78 Å². The van der Waals surface area contributed by atoms with Gasteiger partial charge in [0.1, 0.15) is 5.75 Å². The lowest BCUT2D eigenvalue weighted by atomic mass is 10.1. The molecule has 1 aromatic heterocycles. The summed E-state index contributed by atoms with van der Waals surface area (Å²) in [6.45, 7) is 7.88. The van der Waals surface area contributed by atoms with Crippen LogP contribution in [0.3, 0.4) is 0 Å². The molecule has 1 aliphatic carbocycles. The fourth-order valence-corrected chi connectivity index (χ4v) is 4.19. The number of benzene rings is 1. The highest BCUT2D eigenvalue weighted by Gasteiger charge is 2.27. The molecule has 1 amide bonds. The van der Waals surface area contributed by atoms with Crippen LogP contribution in [0.2, 0.25) is 0 Å². The molecule has 2 fully saturated rings. The summed E-state index contributed by atoms with van der Waals surface area (Å²) in [7, 11) is 0. The average Bonchev–Trinajstić information content (AvgIpc) is 3.61. The van der Waals surface area contributed by atoms with Crippen molar-refractivity contribution in [1.82, 2.24) is 14.8 Å². The third-order valence-electron chi connectivity index (χ3n) is 6.09. The van der Waals surface area contributed by atoms with Gasteiger partial charge in [0.15, 0.2) is 0 Å². The molecule has 0 unspecified atom stereocenters. The number of carbonyl (C=O) groups excluding carboxylic acids is 1. The molecule has 0 atom stereocenters. The van der Waals surface area contributed by atoms with Crippen LogP contribution >= 0.6 is 0 Å². The second kappa shape index (κ2) is 10.8. The molecular weight excluding hydrogens is 390 g/mol. The third kappa shape index (κ3) is 6.57. The molecule has 6 nitrogen and oxygen atoms in total. The van der Waals surface area contributed by atoms with Crippen LogP contribution in [0.25, 0.3) is 10.9 Å². The van der Waals surface area contributed by atoms with Crippen molar-refractivity contribution in [2.24, 2.45) is 5.92 Å². The number of carbonyl (C=O) groups is 1. The summed E-state index contributed by atoms with van der Waals surface area (Å²) in [5, 5.41) is 0.983. The maximum atomic E-state index is 12.6. The Morgan fingerprint density at radius 3 is 2.77 bits per heavy atom. The van der Waals surface area contributed by atoms with Crippen LogP contribution in [0.4, 0.5) is 4.79 Å². The van der Waals surface area contributed by atoms with E-state index in [4.69, 9.17) is 9.47 Å². The summed E-state index contributed by atoms with van der Waals surface area (Å²) in [5.41, 5.74) is 0.801. The van der Waals surface area contributed by atoms with Gasteiger partial charge in [0, 0.05) is 31.1 Å². The lowest BCUT2D eigenvalue weighted by Crippen LogP contribution is -2.36. The number of ether oxygens (including phenoxy) is 2. The number of hydrogen-bond donors (Lipinski definition) is 0. The summed E-state index contributed by atoms with van der Waals surface area (Å²) in [5.74, 6) is 1.85. The number of likely N-dealkylation sites (tertiary alicyclic amines) is 1. The molecule has 1 aromatic carbocycles. The second-order valence-corrected chi connectivity index (χ2v) is 8.87. The first kappa shape index (κ1) is 21.9. The quantitative estimate of drug-likeness (QED) is 0.495. The van der Waals surface area contributed by atoms with E-state index in [1.165, 1.54) is 45.2 Å². The van der Waals surface area contributed by atoms with Crippen LogP contribution in [-0.4, -0.2) is 60.2 Å². The Labute approximate surface area is 185 Å². The Bertz CT molecular complexity index is 862. The second-order valence-electron chi connectivity index (χ2n) is 8.87. The predicted molar refractivity (Wildman–Crippen MR) is 123 cm³/mol. The standard InChI is InChI=1S/C25H35N3O3/c1-2-13-28(19-20-7-8-20)25(29)31-24-12-9-21-18-22(10-11-23(21)26-24)30-17-6-16-27-14-4-3-5-15-27/h9-12,18,20H,2-8,13-17,19H2,1H3. The van der Waals surface area contributed by atoms with Crippen molar-refractivity contribution in [2.45, 2.75) is 51.9 Å². The van der Waals surface area contributed by atoms with E-state index < -0.39 is 0 Å². The number of piperidine rings is 1. The van der Waals surface area contributed by atoms with Crippen molar-refractivity contribution >= 4 is 17.0 Å². The van der Waals surface area contributed by atoms with Gasteiger partial charge < -0.3 is 19.3 Å². The molecule has 1 aliphatic heterocycles. The number of hydrogen-bond acceptors (Lipinski definition) is 5. The van der Waals surface area contributed by atoms with Gasteiger partial charge in [-0.2, -0.15) is 0 Å². The Kier molecular flexibility index (Phi) is 7.62. The zero-order valence-electron chi connectivity index (χ0n) is 18.7. The van der Waals surface area contributed by atoms with Crippen LogP contribution in [0, 0.1) is 5.92 Å². The molecule has 6 heteroatoms. The molecule has 0 spiro atoms. The fourth-order valence-electron chi connectivity index (χ4n) is 4.19. The number of aromatic nitrogens is 1. The minimum absolute atomic E-state index is 0.297. The van der Waals surface area contributed by atoms with Gasteiger partial charge in [-0.15, -0.1) is 0 Å². The highest BCUT2D eigenvalue weighted by atomic mass is 16.6. The van der Waals surface area contributed by atoms with Crippen LogP contribution in [0.15, 0.2) is 30.3 Å². The lowest BCUT2D eigenvalue weighted by molar-refractivity contribution is 0.148. The molecule has 1 saturated heterocycles. The summed E-state index contributed by atoms with van der Waals surface area (Å²) >= 11 is 0. The molecule has 168 valence electrons. The van der Waals surface area contributed by atoms with Crippen molar-refractivity contribution in [1.29, 1.82) is 0 Å². The molecule has 1 saturated carbocycles. The molecule has 2 aliphatic rings. The summed E-state index contributed by atoms with van der Waals surface area (Å²) in [4.78, 5) is 21.4. The average molecular weight is 426 g/mol. The Morgan fingerprint density at radius 1 is 1.16 bits per heavy atom. The fraction of sp³-hybridized carbons (Fsp3) is 0.600. The predicted octanol–water partition coefficient (Wildman–Crippen LogP) is 5.11. The monoisotopic (exact) mass is 425 g/mol. The molecule has 0 radical (unpaired) electrons. The van der Waals surface area contributed by atoms with Crippen LogP contribution < -0.4 is 9.47 Å². The summed E-state index contributed by atoms with van der Waals surface area (Å²) < 4.78 is 11.5. The minimum atomic E-state index is -0.297. The number of rotatable bonds is 10.